The van der Waals surface area contributed by atoms with Crippen LogP contribution in [-0.4, -0.2) is 35.2 Å². The maximum Gasteiger partial charge on any atom is 0.407 e. The molecule has 1 aromatic carbocycles. The number of amides is 2. The van der Waals surface area contributed by atoms with E-state index in [0.29, 0.717) is 23.4 Å². The van der Waals surface area contributed by atoms with E-state index in [-0.39, 0.29) is 48.1 Å². The summed E-state index contributed by atoms with van der Waals surface area (Å²) in [5.41, 5.74) is 0.963. The number of pyridine rings is 1. The van der Waals surface area contributed by atoms with Gasteiger partial charge in [0.15, 0.2) is 0 Å². The summed E-state index contributed by atoms with van der Waals surface area (Å²) in [4.78, 5) is 27.5. The number of ether oxygens (including phenoxy) is 3. The number of nitrogens with one attached hydrogen (secondary N) is 2. The Morgan fingerprint density at radius 1 is 1.19 bits per heavy atom. The molecule has 8 nitrogen and oxygen atoms in total. The molecular formula is C26H33F2N3O5. The van der Waals surface area contributed by atoms with E-state index in [1.165, 1.54) is 13.0 Å². The van der Waals surface area contributed by atoms with Crippen LogP contribution in [0.3, 0.4) is 0 Å². The van der Waals surface area contributed by atoms with Crippen molar-refractivity contribution in [1.82, 2.24) is 10.3 Å². The second-order valence-corrected chi connectivity index (χ2v) is 10.1. The Kier molecular flexibility index (Phi) is 8.37. The predicted octanol–water partition coefficient (Wildman–Crippen LogP) is 5.86. The lowest BCUT2D eigenvalue weighted by Crippen LogP contribution is -2.38. The van der Waals surface area contributed by atoms with E-state index in [1.54, 1.807) is 39.1 Å². The van der Waals surface area contributed by atoms with Crippen molar-refractivity contribution >= 4 is 17.8 Å². The lowest BCUT2D eigenvalue weighted by atomic mass is 9.95. The van der Waals surface area contributed by atoms with Crippen molar-refractivity contribution in [2.45, 2.75) is 72.6 Å². The van der Waals surface area contributed by atoms with Gasteiger partial charge < -0.3 is 24.8 Å². The minimum Gasteiger partial charge on any atom is -0.493 e. The number of aromatic nitrogens is 1. The number of rotatable bonds is 8. The van der Waals surface area contributed by atoms with Crippen molar-refractivity contribution in [3.8, 4) is 22.6 Å². The van der Waals surface area contributed by atoms with Crippen LogP contribution in [0.25, 0.3) is 11.1 Å². The molecular weight excluding hydrogens is 472 g/mol. The quantitative estimate of drug-likeness (QED) is 0.467. The third kappa shape index (κ3) is 7.05. The van der Waals surface area contributed by atoms with Crippen LogP contribution >= 0.6 is 0 Å². The molecule has 2 aromatic rings. The average Bonchev–Trinajstić information content (AvgIpc) is 2.74. The van der Waals surface area contributed by atoms with Crippen LogP contribution in [0.2, 0.25) is 0 Å². The second kappa shape index (κ2) is 11.1. The van der Waals surface area contributed by atoms with Crippen molar-refractivity contribution in [3.63, 3.8) is 0 Å². The molecule has 1 aliphatic rings. The van der Waals surface area contributed by atoms with Crippen LogP contribution in [0.5, 0.6) is 11.5 Å². The maximum absolute atomic E-state index is 14.2. The molecule has 2 amide bonds. The molecule has 1 aliphatic heterocycles. The van der Waals surface area contributed by atoms with Gasteiger partial charge in [0.05, 0.1) is 6.61 Å². The van der Waals surface area contributed by atoms with E-state index in [2.05, 4.69) is 15.6 Å². The molecule has 0 bridgehead atoms. The fraction of sp³-hybridized carbons (Fsp3) is 0.500. The monoisotopic (exact) mass is 505 g/mol. The van der Waals surface area contributed by atoms with E-state index in [0.717, 1.165) is 5.56 Å². The van der Waals surface area contributed by atoms with Gasteiger partial charge in [0.25, 0.3) is 6.43 Å². The van der Waals surface area contributed by atoms with Gasteiger partial charge in [0.2, 0.25) is 5.91 Å². The smallest absolute Gasteiger partial charge is 0.407 e. The van der Waals surface area contributed by atoms with Crippen LogP contribution in [0, 0.1) is 5.92 Å². The van der Waals surface area contributed by atoms with Crippen molar-refractivity contribution in [1.29, 1.82) is 0 Å². The maximum atomic E-state index is 14.2. The summed E-state index contributed by atoms with van der Waals surface area (Å²) in [6.45, 7) is 10.7. The summed E-state index contributed by atoms with van der Waals surface area (Å²) >= 11 is 0. The molecule has 2 heterocycles. The summed E-state index contributed by atoms with van der Waals surface area (Å²) in [7, 11) is 0. The SMILES string of the molecule is CC(=O)Nc1cc2c(cn1)COc1c-2ccc(OCC(C)CC(C)NC(=O)OC(C)(C)C)c1C(F)F. The second-order valence-electron chi connectivity index (χ2n) is 10.1. The highest BCUT2D eigenvalue weighted by Gasteiger charge is 2.29. The third-order valence-electron chi connectivity index (χ3n) is 5.37. The molecule has 0 aliphatic carbocycles. The van der Waals surface area contributed by atoms with Gasteiger partial charge in [-0.1, -0.05) is 6.92 Å². The Bertz CT molecular complexity index is 1120. The lowest BCUT2D eigenvalue weighted by Gasteiger charge is -2.26. The Hall–Kier alpha value is -3.43. The zero-order valence-electron chi connectivity index (χ0n) is 21.4. The van der Waals surface area contributed by atoms with Crippen LogP contribution in [0.4, 0.5) is 19.4 Å². The molecule has 2 atom stereocenters. The first-order valence-electron chi connectivity index (χ1n) is 11.8. The Morgan fingerprint density at radius 2 is 1.92 bits per heavy atom. The van der Waals surface area contributed by atoms with E-state index in [1.807, 2.05) is 13.8 Å². The molecule has 0 spiro atoms. The van der Waals surface area contributed by atoms with Crippen LogP contribution < -0.4 is 20.1 Å². The minimum atomic E-state index is -2.82. The van der Waals surface area contributed by atoms with Crippen LogP contribution in [0.15, 0.2) is 24.4 Å². The molecule has 36 heavy (non-hydrogen) atoms. The minimum absolute atomic E-state index is 0.0376. The zero-order valence-corrected chi connectivity index (χ0v) is 21.4. The van der Waals surface area contributed by atoms with Gasteiger partial charge in [-0.25, -0.2) is 18.6 Å². The van der Waals surface area contributed by atoms with Gasteiger partial charge in [-0.2, -0.15) is 0 Å². The molecule has 0 fully saturated rings. The normalized spacial score (nSPS) is 14.1. The predicted molar refractivity (Wildman–Crippen MR) is 131 cm³/mol. The number of hydrogen-bond donors (Lipinski definition) is 2. The van der Waals surface area contributed by atoms with Crippen molar-refractivity contribution in [2.75, 3.05) is 11.9 Å². The van der Waals surface area contributed by atoms with E-state index in [4.69, 9.17) is 14.2 Å². The number of fused-ring (bicyclic) bond motifs is 3. The number of hydrogen-bond acceptors (Lipinski definition) is 6. The standard InChI is InChI=1S/C26H33F2N3O5/c1-14(9-15(2)30-25(33)36-26(4,5)6)12-34-20-8-7-18-19-10-21(31-16(3)32)29-11-17(19)13-35-23(18)22(20)24(27)28/h7-8,10-11,14-15,24H,9,12-13H2,1-6H3,(H,30,33)(H,29,31,32). The summed E-state index contributed by atoms with van der Waals surface area (Å²) in [5, 5.41) is 5.38. The largest absolute Gasteiger partial charge is 0.493 e. The highest BCUT2D eigenvalue weighted by molar-refractivity contribution is 5.89. The molecule has 0 radical (unpaired) electrons. The highest BCUT2D eigenvalue weighted by atomic mass is 19.3. The van der Waals surface area contributed by atoms with Gasteiger partial charge in [0, 0.05) is 30.3 Å². The number of carbonyl (C=O) groups is 2. The average molecular weight is 506 g/mol. The van der Waals surface area contributed by atoms with Crippen molar-refractivity contribution in [3.05, 3.63) is 35.5 Å². The van der Waals surface area contributed by atoms with E-state index < -0.39 is 18.1 Å². The summed E-state index contributed by atoms with van der Waals surface area (Å²) in [6.07, 6.45) is -1.20. The molecule has 1 aromatic heterocycles. The fourth-order valence-electron chi connectivity index (χ4n) is 4.00. The molecule has 0 saturated carbocycles. The number of benzene rings is 1. The molecule has 3 rings (SSSR count). The van der Waals surface area contributed by atoms with Gasteiger partial charge >= 0.3 is 6.09 Å². The van der Waals surface area contributed by atoms with Gasteiger partial charge in [-0.05, 0) is 63.8 Å². The first kappa shape index (κ1) is 27.2. The zero-order chi connectivity index (χ0) is 26.6. The number of alkyl carbamates (subject to hydrolysis) is 1. The number of anilines is 1. The highest BCUT2D eigenvalue weighted by Crippen LogP contribution is 2.47. The van der Waals surface area contributed by atoms with Gasteiger partial charge in [-0.15, -0.1) is 0 Å². The number of carbonyl (C=O) groups excluding carboxylic acids is 2. The fourth-order valence-corrected chi connectivity index (χ4v) is 4.00. The van der Waals surface area contributed by atoms with E-state index in [9.17, 15) is 18.4 Å². The molecule has 2 unspecified atom stereocenters. The topological polar surface area (TPSA) is 98.8 Å². The summed E-state index contributed by atoms with van der Waals surface area (Å²) in [6, 6.07) is 4.63. The lowest BCUT2D eigenvalue weighted by molar-refractivity contribution is -0.114. The number of nitrogens with zero attached hydrogens (tertiary/aromatic N) is 1. The molecule has 2 N–H and O–H groups in total. The summed E-state index contributed by atoms with van der Waals surface area (Å²) in [5.74, 6) is 0.113. The Morgan fingerprint density at radius 3 is 2.56 bits per heavy atom. The van der Waals surface area contributed by atoms with Crippen molar-refractivity contribution in [2.24, 2.45) is 5.92 Å². The number of halogens is 2. The molecule has 10 heteroatoms. The molecule has 196 valence electrons. The van der Waals surface area contributed by atoms with Crippen LogP contribution in [0.1, 0.15) is 65.5 Å². The van der Waals surface area contributed by atoms with Crippen molar-refractivity contribution < 1.29 is 32.6 Å². The Balaban J connectivity index is 1.73. The third-order valence-corrected chi connectivity index (χ3v) is 5.37. The first-order valence-corrected chi connectivity index (χ1v) is 11.8. The van der Waals surface area contributed by atoms with Gasteiger partial charge in [0.1, 0.15) is 35.1 Å². The number of alkyl halides is 2. The Labute approximate surface area is 209 Å². The van der Waals surface area contributed by atoms with E-state index >= 15 is 0 Å². The van der Waals surface area contributed by atoms with Crippen LogP contribution in [-0.2, 0) is 16.1 Å². The van der Waals surface area contributed by atoms with Gasteiger partial charge in [-0.3, -0.25) is 4.79 Å². The summed E-state index contributed by atoms with van der Waals surface area (Å²) < 4.78 is 45.1. The molecule has 0 saturated heterocycles. The first-order chi connectivity index (χ1) is 16.8.